The molecule has 0 aliphatic carbocycles. The largest absolute Gasteiger partial charge is 0.333 e. The van der Waals surface area contributed by atoms with Gasteiger partial charge in [-0.25, -0.2) is 9.37 Å². The summed E-state index contributed by atoms with van der Waals surface area (Å²) in [5.74, 6) is -0.561. The van der Waals surface area contributed by atoms with Crippen molar-refractivity contribution in [3.05, 3.63) is 76.0 Å². The van der Waals surface area contributed by atoms with Gasteiger partial charge in [0, 0.05) is 23.7 Å². The molecule has 0 saturated carbocycles. The molecule has 29 heavy (non-hydrogen) atoms. The first-order valence-corrected chi connectivity index (χ1v) is 10.0. The molecule has 1 amide bonds. The van der Waals surface area contributed by atoms with Gasteiger partial charge in [0.15, 0.2) is 0 Å². The number of carbonyl (C=O) groups excluding carboxylic acids is 1. The van der Waals surface area contributed by atoms with Crippen molar-refractivity contribution in [1.82, 2.24) is 14.5 Å². The van der Waals surface area contributed by atoms with Gasteiger partial charge in [-0.3, -0.25) is 14.2 Å². The van der Waals surface area contributed by atoms with Crippen LogP contribution in [0.15, 0.2) is 53.5 Å². The van der Waals surface area contributed by atoms with E-state index in [2.05, 4.69) is 4.98 Å². The lowest BCUT2D eigenvalue weighted by atomic mass is 9.96. The van der Waals surface area contributed by atoms with Crippen LogP contribution in [0.4, 0.5) is 4.39 Å². The Bertz CT molecular complexity index is 1100. The number of pyridine rings is 2. The van der Waals surface area contributed by atoms with Gasteiger partial charge in [-0.15, -0.1) is 0 Å². The highest BCUT2D eigenvalue weighted by Crippen LogP contribution is 2.25. The van der Waals surface area contributed by atoms with Crippen LogP contribution in [-0.4, -0.2) is 32.4 Å². The summed E-state index contributed by atoms with van der Waals surface area (Å²) in [4.78, 5) is 32.9. The van der Waals surface area contributed by atoms with Crippen molar-refractivity contribution >= 4 is 16.9 Å². The van der Waals surface area contributed by atoms with Crippen LogP contribution in [-0.2, 0) is 6.54 Å². The molecule has 5 nitrogen and oxygen atoms in total. The summed E-state index contributed by atoms with van der Waals surface area (Å²) in [5.41, 5.74) is 1.08. The Morgan fingerprint density at radius 1 is 1.14 bits per heavy atom. The fourth-order valence-electron chi connectivity index (χ4n) is 4.24. The number of hydrogen-bond donors (Lipinski definition) is 0. The second kappa shape index (κ2) is 7.78. The standard InChI is InChI=1S/C23H24FN3O2/c1-15-5-3-6-16(2)27(15)23(29)20-13-18-7-4-12-25-21(18)26(22(20)28)14-17-8-10-19(24)11-9-17/h4,7-13,15-16H,3,5-6,14H2,1-2H3/t15-,16-/m0/s1. The van der Waals surface area contributed by atoms with Gasteiger partial charge in [0.1, 0.15) is 17.0 Å². The maximum absolute atomic E-state index is 13.4. The molecule has 150 valence electrons. The zero-order chi connectivity index (χ0) is 20.5. The number of hydrogen-bond acceptors (Lipinski definition) is 3. The van der Waals surface area contributed by atoms with Crippen molar-refractivity contribution in [3.8, 4) is 0 Å². The molecular weight excluding hydrogens is 369 g/mol. The van der Waals surface area contributed by atoms with Crippen LogP contribution in [0.5, 0.6) is 0 Å². The number of carbonyl (C=O) groups is 1. The molecule has 0 bridgehead atoms. The van der Waals surface area contributed by atoms with E-state index in [1.165, 1.54) is 16.7 Å². The molecule has 0 N–H and O–H groups in total. The maximum Gasteiger partial charge on any atom is 0.265 e. The van der Waals surface area contributed by atoms with Gasteiger partial charge in [-0.1, -0.05) is 12.1 Å². The Hall–Kier alpha value is -3.02. The first-order valence-electron chi connectivity index (χ1n) is 10.0. The number of nitrogens with zero attached hydrogens (tertiary/aromatic N) is 3. The minimum absolute atomic E-state index is 0.0980. The summed E-state index contributed by atoms with van der Waals surface area (Å²) >= 11 is 0. The van der Waals surface area contributed by atoms with Gasteiger partial charge in [0.05, 0.1) is 6.54 Å². The number of amides is 1. The molecule has 3 heterocycles. The quantitative estimate of drug-likeness (QED) is 0.676. The molecule has 1 saturated heterocycles. The topological polar surface area (TPSA) is 55.2 Å². The van der Waals surface area contributed by atoms with Crippen LogP contribution >= 0.6 is 0 Å². The van der Waals surface area contributed by atoms with Crippen molar-refractivity contribution < 1.29 is 9.18 Å². The minimum atomic E-state index is -0.365. The van der Waals surface area contributed by atoms with E-state index in [9.17, 15) is 14.0 Å². The molecule has 0 radical (unpaired) electrons. The third-order valence-corrected chi connectivity index (χ3v) is 5.76. The van der Waals surface area contributed by atoms with Crippen molar-refractivity contribution in [3.63, 3.8) is 0 Å². The Balaban J connectivity index is 1.83. The molecule has 2 atom stereocenters. The van der Waals surface area contributed by atoms with Crippen LogP contribution in [0.1, 0.15) is 49.0 Å². The highest BCUT2D eigenvalue weighted by molar-refractivity contribution is 5.97. The number of benzene rings is 1. The van der Waals surface area contributed by atoms with Crippen LogP contribution < -0.4 is 5.56 Å². The first kappa shape index (κ1) is 19.3. The summed E-state index contributed by atoms with van der Waals surface area (Å²) in [6.45, 7) is 4.29. The number of halogens is 1. The van der Waals surface area contributed by atoms with Crippen LogP contribution in [0.3, 0.4) is 0 Å². The Morgan fingerprint density at radius 3 is 2.52 bits per heavy atom. The molecule has 1 aliphatic rings. The summed E-state index contributed by atoms with van der Waals surface area (Å²) in [6, 6.07) is 11.5. The molecule has 4 rings (SSSR count). The average molecular weight is 393 g/mol. The summed E-state index contributed by atoms with van der Waals surface area (Å²) in [7, 11) is 0. The van der Waals surface area contributed by atoms with E-state index in [0.29, 0.717) is 5.65 Å². The lowest BCUT2D eigenvalue weighted by molar-refractivity contribution is 0.0508. The van der Waals surface area contributed by atoms with Gasteiger partial charge in [0.25, 0.3) is 11.5 Å². The molecule has 0 spiro atoms. The van der Waals surface area contributed by atoms with Crippen LogP contribution in [0.25, 0.3) is 11.0 Å². The molecule has 2 aromatic heterocycles. The van der Waals surface area contributed by atoms with E-state index in [4.69, 9.17) is 0 Å². The number of fused-ring (bicyclic) bond motifs is 1. The fourth-order valence-corrected chi connectivity index (χ4v) is 4.24. The summed E-state index contributed by atoms with van der Waals surface area (Å²) in [6.07, 6.45) is 4.59. The number of likely N-dealkylation sites (tertiary alicyclic amines) is 1. The van der Waals surface area contributed by atoms with Gasteiger partial charge in [-0.05, 0) is 69.0 Å². The Labute approximate surface area is 168 Å². The maximum atomic E-state index is 13.4. The highest BCUT2D eigenvalue weighted by Gasteiger charge is 2.31. The average Bonchev–Trinajstić information content (AvgIpc) is 2.71. The molecule has 1 aliphatic heterocycles. The molecular formula is C23H24FN3O2. The predicted molar refractivity (Wildman–Crippen MR) is 110 cm³/mol. The Morgan fingerprint density at radius 2 is 1.83 bits per heavy atom. The third-order valence-electron chi connectivity index (χ3n) is 5.76. The normalized spacial score (nSPS) is 19.5. The number of aromatic nitrogens is 2. The second-order valence-corrected chi connectivity index (χ2v) is 7.83. The van der Waals surface area contributed by atoms with Crippen LogP contribution in [0, 0.1) is 5.82 Å². The van der Waals surface area contributed by atoms with Gasteiger partial charge < -0.3 is 4.90 Å². The van der Waals surface area contributed by atoms with Crippen LogP contribution in [0.2, 0.25) is 0 Å². The molecule has 1 fully saturated rings. The van der Waals surface area contributed by atoms with Gasteiger partial charge in [0.2, 0.25) is 0 Å². The van der Waals surface area contributed by atoms with Gasteiger partial charge >= 0.3 is 0 Å². The molecule has 3 aromatic rings. The minimum Gasteiger partial charge on any atom is -0.333 e. The fraction of sp³-hybridized carbons (Fsp3) is 0.348. The lowest BCUT2D eigenvalue weighted by Gasteiger charge is -2.39. The second-order valence-electron chi connectivity index (χ2n) is 7.83. The SMILES string of the molecule is C[C@H]1CCC[C@H](C)N1C(=O)c1cc2cccnc2n(Cc2ccc(F)cc2)c1=O. The monoisotopic (exact) mass is 393 g/mol. The van der Waals surface area contributed by atoms with Crippen molar-refractivity contribution in [1.29, 1.82) is 0 Å². The highest BCUT2D eigenvalue weighted by atomic mass is 19.1. The summed E-state index contributed by atoms with van der Waals surface area (Å²) < 4.78 is 14.8. The van der Waals surface area contributed by atoms with Crippen molar-refractivity contribution in [2.75, 3.05) is 0 Å². The summed E-state index contributed by atoms with van der Waals surface area (Å²) in [5, 5.41) is 0.731. The van der Waals surface area contributed by atoms with E-state index < -0.39 is 0 Å². The zero-order valence-electron chi connectivity index (χ0n) is 16.6. The third kappa shape index (κ3) is 3.67. The van der Waals surface area contributed by atoms with E-state index in [-0.39, 0.29) is 41.5 Å². The first-order chi connectivity index (χ1) is 14.0. The van der Waals surface area contributed by atoms with E-state index in [1.54, 1.807) is 30.5 Å². The van der Waals surface area contributed by atoms with E-state index in [1.807, 2.05) is 24.8 Å². The lowest BCUT2D eigenvalue weighted by Crippen LogP contribution is -2.49. The smallest absolute Gasteiger partial charge is 0.265 e. The van der Waals surface area contributed by atoms with Crippen molar-refractivity contribution in [2.45, 2.75) is 51.7 Å². The molecule has 1 aromatic carbocycles. The predicted octanol–water partition coefficient (Wildman–Crippen LogP) is 3.99. The zero-order valence-corrected chi connectivity index (χ0v) is 16.6. The number of piperidine rings is 1. The molecule has 6 heteroatoms. The van der Waals surface area contributed by atoms with E-state index in [0.717, 1.165) is 30.2 Å². The Kier molecular flexibility index (Phi) is 5.18. The van der Waals surface area contributed by atoms with Gasteiger partial charge in [-0.2, -0.15) is 0 Å². The van der Waals surface area contributed by atoms with E-state index >= 15 is 0 Å². The molecule has 0 unspecified atom stereocenters. The van der Waals surface area contributed by atoms with Crippen molar-refractivity contribution in [2.24, 2.45) is 0 Å². The number of rotatable bonds is 3.